The number of hydrogen-bond acceptors (Lipinski definition) is 6. The number of anilines is 1. The van der Waals surface area contributed by atoms with Gasteiger partial charge in [0.15, 0.2) is 6.61 Å². The SMILES string of the molecule is O=C(COc1ccc2c(c1)CCC(=O)N2)NNC(=O)c1cccc(S(=O)(=O)N2CCCCC2)c1. The fraction of sp³-hybridized carbons (Fsp3) is 0.348. The second-order valence-electron chi connectivity index (χ2n) is 8.15. The van der Waals surface area contributed by atoms with Crippen LogP contribution in [0, 0.1) is 0 Å². The summed E-state index contributed by atoms with van der Waals surface area (Å²) in [4.78, 5) is 36.0. The van der Waals surface area contributed by atoms with Gasteiger partial charge in [-0.25, -0.2) is 8.42 Å². The predicted molar refractivity (Wildman–Crippen MR) is 124 cm³/mol. The number of benzene rings is 2. The zero-order valence-corrected chi connectivity index (χ0v) is 19.3. The predicted octanol–water partition coefficient (Wildman–Crippen LogP) is 1.59. The third-order valence-electron chi connectivity index (χ3n) is 5.71. The minimum atomic E-state index is -3.68. The summed E-state index contributed by atoms with van der Waals surface area (Å²) >= 11 is 0. The van der Waals surface area contributed by atoms with E-state index >= 15 is 0 Å². The van der Waals surface area contributed by atoms with E-state index in [9.17, 15) is 22.8 Å². The van der Waals surface area contributed by atoms with Gasteiger partial charge in [-0.05, 0) is 61.2 Å². The molecule has 0 atom stereocenters. The van der Waals surface area contributed by atoms with Gasteiger partial charge in [0, 0.05) is 30.8 Å². The number of nitrogens with one attached hydrogen (secondary N) is 3. The van der Waals surface area contributed by atoms with Crippen LogP contribution in [-0.4, -0.2) is 50.1 Å². The van der Waals surface area contributed by atoms with Crippen molar-refractivity contribution in [1.29, 1.82) is 0 Å². The first-order valence-corrected chi connectivity index (χ1v) is 12.5. The standard InChI is InChI=1S/C23H26N4O6S/c28-21-10-7-16-13-18(8-9-20(16)24-21)33-15-22(29)25-26-23(30)17-5-4-6-19(14-17)34(31,32)27-11-2-1-3-12-27/h4-6,8-9,13-14H,1-3,7,10-12,15H2,(H,24,28)(H,25,29)(H,26,30). The van der Waals surface area contributed by atoms with Crippen molar-refractivity contribution in [3.05, 3.63) is 53.6 Å². The van der Waals surface area contributed by atoms with Gasteiger partial charge in [0.2, 0.25) is 15.9 Å². The van der Waals surface area contributed by atoms with Crippen LogP contribution < -0.4 is 20.9 Å². The van der Waals surface area contributed by atoms with Crippen molar-refractivity contribution >= 4 is 33.4 Å². The van der Waals surface area contributed by atoms with Crippen LogP contribution in [0.4, 0.5) is 5.69 Å². The second kappa shape index (κ2) is 10.2. The van der Waals surface area contributed by atoms with E-state index in [0.29, 0.717) is 31.7 Å². The first kappa shape index (κ1) is 23.7. The van der Waals surface area contributed by atoms with Crippen LogP contribution in [0.2, 0.25) is 0 Å². The summed E-state index contributed by atoms with van der Waals surface area (Å²) in [5, 5.41) is 2.77. The number of sulfonamides is 1. The molecular weight excluding hydrogens is 460 g/mol. The smallest absolute Gasteiger partial charge is 0.276 e. The molecule has 3 amide bonds. The number of aryl methyl sites for hydroxylation is 1. The molecule has 2 aromatic carbocycles. The van der Waals surface area contributed by atoms with Crippen molar-refractivity contribution in [1.82, 2.24) is 15.2 Å². The van der Waals surface area contributed by atoms with Gasteiger partial charge in [-0.15, -0.1) is 0 Å². The third kappa shape index (κ3) is 5.54. The van der Waals surface area contributed by atoms with E-state index in [2.05, 4.69) is 16.2 Å². The molecule has 11 heteroatoms. The van der Waals surface area contributed by atoms with E-state index in [1.54, 1.807) is 18.2 Å². The van der Waals surface area contributed by atoms with Crippen LogP contribution in [0.1, 0.15) is 41.6 Å². The zero-order chi connectivity index (χ0) is 24.1. The fourth-order valence-corrected chi connectivity index (χ4v) is 5.45. The van der Waals surface area contributed by atoms with Crippen molar-refractivity contribution in [3.8, 4) is 5.75 Å². The molecule has 34 heavy (non-hydrogen) atoms. The Bertz CT molecular complexity index is 1210. The molecule has 4 rings (SSSR count). The number of piperidine rings is 1. The van der Waals surface area contributed by atoms with E-state index in [0.717, 1.165) is 30.5 Å². The molecule has 2 aromatic rings. The zero-order valence-electron chi connectivity index (χ0n) is 18.5. The van der Waals surface area contributed by atoms with Crippen molar-refractivity contribution in [2.45, 2.75) is 37.0 Å². The van der Waals surface area contributed by atoms with Gasteiger partial charge in [-0.2, -0.15) is 4.31 Å². The molecule has 3 N–H and O–H groups in total. The minimum absolute atomic E-state index is 0.0362. The molecule has 0 bridgehead atoms. The number of rotatable bonds is 6. The Labute approximate surface area is 197 Å². The first-order chi connectivity index (χ1) is 16.3. The molecule has 180 valence electrons. The van der Waals surface area contributed by atoms with Gasteiger partial charge < -0.3 is 10.1 Å². The molecule has 2 aliphatic rings. The summed E-state index contributed by atoms with van der Waals surface area (Å²) in [6, 6.07) is 10.8. The highest BCUT2D eigenvalue weighted by molar-refractivity contribution is 7.89. The molecule has 1 saturated heterocycles. The maximum absolute atomic E-state index is 12.8. The molecule has 10 nitrogen and oxygen atoms in total. The summed E-state index contributed by atoms with van der Waals surface area (Å²) < 4.78 is 32.6. The lowest BCUT2D eigenvalue weighted by Gasteiger charge is -2.26. The molecule has 2 heterocycles. The van der Waals surface area contributed by atoms with Crippen LogP contribution >= 0.6 is 0 Å². The molecule has 0 aliphatic carbocycles. The molecule has 0 aromatic heterocycles. The molecule has 1 fully saturated rings. The molecule has 0 unspecified atom stereocenters. The number of nitrogens with zero attached hydrogens (tertiary/aromatic N) is 1. The van der Waals surface area contributed by atoms with E-state index in [-0.39, 0.29) is 23.0 Å². The quantitative estimate of drug-likeness (QED) is 0.531. The first-order valence-electron chi connectivity index (χ1n) is 11.1. The highest BCUT2D eigenvalue weighted by Gasteiger charge is 2.26. The lowest BCUT2D eigenvalue weighted by atomic mass is 10.0. The lowest BCUT2D eigenvalue weighted by molar-refractivity contribution is -0.123. The highest BCUT2D eigenvalue weighted by Crippen LogP contribution is 2.26. The maximum atomic E-state index is 12.8. The van der Waals surface area contributed by atoms with E-state index in [4.69, 9.17) is 4.74 Å². The van der Waals surface area contributed by atoms with Gasteiger partial charge in [-0.1, -0.05) is 12.5 Å². The molecular formula is C23H26N4O6S. The van der Waals surface area contributed by atoms with Gasteiger partial charge >= 0.3 is 0 Å². The average molecular weight is 487 g/mol. The average Bonchev–Trinajstić information content (AvgIpc) is 2.86. The molecule has 0 radical (unpaired) electrons. The Morgan fingerprint density at radius 2 is 1.79 bits per heavy atom. The summed E-state index contributed by atoms with van der Waals surface area (Å²) in [6.45, 7) is 0.593. The normalized spacial score (nSPS) is 16.2. The van der Waals surface area contributed by atoms with E-state index < -0.39 is 21.8 Å². The van der Waals surface area contributed by atoms with E-state index in [1.165, 1.54) is 28.6 Å². The van der Waals surface area contributed by atoms with Crippen LogP contribution in [0.3, 0.4) is 0 Å². The van der Waals surface area contributed by atoms with Crippen LogP contribution in [0.5, 0.6) is 5.75 Å². The van der Waals surface area contributed by atoms with Gasteiger partial charge in [-0.3, -0.25) is 25.2 Å². The number of ether oxygens (including phenoxy) is 1. The highest BCUT2D eigenvalue weighted by atomic mass is 32.2. The third-order valence-corrected chi connectivity index (χ3v) is 7.60. The summed E-state index contributed by atoms with van der Waals surface area (Å²) in [5.74, 6) is -0.803. The second-order valence-corrected chi connectivity index (χ2v) is 10.1. The largest absolute Gasteiger partial charge is 0.484 e. The van der Waals surface area contributed by atoms with Gasteiger partial charge in [0.1, 0.15) is 5.75 Å². The number of hydrogen-bond donors (Lipinski definition) is 3. The van der Waals surface area contributed by atoms with Crippen molar-refractivity contribution in [2.24, 2.45) is 0 Å². The summed E-state index contributed by atoms with van der Waals surface area (Å²) in [6.07, 6.45) is 3.62. The molecule has 2 aliphatic heterocycles. The Morgan fingerprint density at radius 3 is 2.59 bits per heavy atom. The van der Waals surface area contributed by atoms with Crippen molar-refractivity contribution < 1.29 is 27.5 Å². The minimum Gasteiger partial charge on any atom is -0.484 e. The van der Waals surface area contributed by atoms with E-state index in [1.807, 2.05) is 0 Å². The maximum Gasteiger partial charge on any atom is 0.276 e. The monoisotopic (exact) mass is 486 g/mol. The van der Waals surface area contributed by atoms with Crippen molar-refractivity contribution in [2.75, 3.05) is 25.0 Å². The number of fused-ring (bicyclic) bond motifs is 1. The molecule has 0 saturated carbocycles. The van der Waals surface area contributed by atoms with Crippen LogP contribution in [0.15, 0.2) is 47.4 Å². The van der Waals surface area contributed by atoms with Crippen molar-refractivity contribution in [3.63, 3.8) is 0 Å². The Balaban J connectivity index is 1.30. The Kier molecular flexibility index (Phi) is 7.13. The Morgan fingerprint density at radius 1 is 1.00 bits per heavy atom. The number of amides is 3. The number of hydrazine groups is 1. The van der Waals surface area contributed by atoms with Gasteiger partial charge in [0.25, 0.3) is 11.8 Å². The summed E-state index contributed by atoms with van der Waals surface area (Å²) in [5.41, 5.74) is 6.29. The van der Waals surface area contributed by atoms with Gasteiger partial charge in [0.05, 0.1) is 4.90 Å². The number of carbonyl (C=O) groups excluding carboxylic acids is 3. The topological polar surface area (TPSA) is 134 Å². The Hall–Kier alpha value is -3.44. The fourth-order valence-electron chi connectivity index (χ4n) is 3.89. The van der Waals surface area contributed by atoms with Crippen LogP contribution in [0.25, 0.3) is 0 Å². The summed E-state index contributed by atoms with van der Waals surface area (Å²) in [7, 11) is -3.68. The number of carbonyl (C=O) groups is 3. The lowest BCUT2D eigenvalue weighted by Crippen LogP contribution is -2.44. The molecule has 0 spiro atoms. The van der Waals surface area contributed by atoms with Crippen LogP contribution in [-0.2, 0) is 26.0 Å².